The average Bonchev–Trinajstić information content (AvgIpc) is 2.83. The molecule has 7 nitrogen and oxygen atoms in total. The van der Waals surface area contributed by atoms with Crippen LogP contribution in [-0.4, -0.2) is 61.5 Å². The molecule has 0 aliphatic carbocycles. The second-order valence-corrected chi connectivity index (χ2v) is 12.1. The van der Waals surface area contributed by atoms with Crippen LogP contribution in [0, 0.1) is 11.3 Å². The van der Waals surface area contributed by atoms with Crippen molar-refractivity contribution >= 4 is 17.8 Å². The van der Waals surface area contributed by atoms with Gasteiger partial charge in [-0.2, -0.15) is 13.2 Å². The van der Waals surface area contributed by atoms with E-state index in [1.54, 1.807) is 53.9 Å². The quantitative estimate of drug-likeness (QED) is 0.286. The summed E-state index contributed by atoms with van der Waals surface area (Å²) < 4.78 is 45.2. The van der Waals surface area contributed by atoms with Crippen molar-refractivity contribution in [2.75, 3.05) is 20.7 Å². The van der Waals surface area contributed by atoms with Gasteiger partial charge in [0.05, 0.1) is 24.3 Å². The molecular formula is C30H46F3N3O4. The van der Waals surface area contributed by atoms with E-state index < -0.39 is 52.6 Å². The van der Waals surface area contributed by atoms with Gasteiger partial charge in [0.1, 0.15) is 6.04 Å². The monoisotopic (exact) mass is 569 g/mol. The van der Waals surface area contributed by atoms with Crippen LogP contribution in [0.3, 0.4) is 0 Å². The molecule has 1 aromatic rings. The number of rotatable bonds is 11. The molecule has 0 heterocycles. The minimum Gasteiger partial charge on any atom is -0.463 e. The summed E-state index contributed by atoms with van der Waals surface area (Å²) in [5.41, 5.74) is -1.87. The average molecular weight is 570 g/mol. The van der Waals surface area contributed by atoms with Gasteiger partial charge in [-0.1, -0.05) is 72.7 Å². The lowest BCUT2D eigenvalue weighted by Crippen LogP contribution is -2.61. The number of carbonyl (C=O) groups excluding carboxylic acids is 3. The van der Waals surface area contributed by atoms with Gasteiger partial charge in [0.25, 0.3) is 0 Å². The molecule has 226 valence electrons. The highest BCUT2D eigenvalue weighted by molar-refractivity contribution is 5.92. The van der Waals surface area contributed by atoms with Gasteiger partial charge in [0, 0.05) is 18.0 Å². The van der Waals surface area contributed by atoms with E-state index in [0.29, 0.717) is 11.1 Å². The van der Waals surface area contributed by atoms with Gasteiger partial charge >= 0.3 is 12.1 Å². The number of carbonyl (C=O) groups is 3. The first-order valence-corrected chi connectivity index (χ1v) is 13.5. The van der Waals surface area contributed by atoms with Gasteiger partial charge in [0.15, 0.2) is 0 Å². The van der Waals surface area contributed by atoms with Crippen molar-refractivity contribution in [3.63, 3.8) is 0 Å². The fourth-order valence-electron chi connectivity index (χ4n) is 4.63. The number of benzene rings is 1. The van der Waals surface area contributed by atoms with E-state index in [9.17, 15) is 27.6 Å². The largest absolute Gasteiger partial charge is 0.463 e. The minimum absolute atomic E-state index is 0.0560. The normalized spacial score (nSPS) is 15.3. The van der Waals surface area contributed by atoms with E-state index in [1.807, 2.05) is 34.6 Å². The van der Waals surface area contributed by atoms with E-state index in [-0.39, 0.29) is 18.4 Å². The van der Waals surface area contributed by atoms with Crippen LogP contribution < -0.4 is 10.6 Å². The highest BCUT2D eigenvalue weighted by atomic mass is 19.4. The molecule has 3 atom stereocenters. The van der Waals surface area contributed by atoms with Crippen molar-refractivity contribution in [3.05, 3.63) is 47.0 Å². The van der Waals surface area contributed by atoms with Crippen LogP contribution in [0.4, 0.5) is 13.2 Å². The number of amides is 2. The van der Waals surface area contributed by atoms with Crippen molar-refractivity contribution in [1.29, 1.82) is 0 Å². The number of likely N-dealkylation sites (N-methyl/N-ethyl adjacent to an activating group) is 2. The Kier molecular flexibility index (Phi) is 12.0. The molecule has 0 radical (unpaired) electrons. The van der Waals surface area contributed by atoms with Crippen LogP contribution in [0.1, 0.15) is 73.4 Å². The highest BCUT2D eigenvalue weighted by Crippen LogP contribution is 2.34. The molecule has 0 fully saturated rings. The molecule has 0 aliphatic heterocycles. The molecule has 0 saturated heterocycles. The second kappa shape index (κ2) is 13.7. The molecule has 0 spiro atoms. The molecule has 1 aromatic carbocycles. The second-order valence-electron chi connectivity index (χ2n) is 12.1. The molecule has 0 saturated carbocycles. The Labute approximate surface area is 236 Å². The van der Waals surface area contributed by atoms with Crippen LogP contribution in [0.5, 0.6) is 0 Å². The maximum absolute atomic E-state index is 13.9. The summed E-state index contributed by atoms with van der Waals surface area (Å²) in [6.45, 7) is 16.2. The topological polar surface area (TPSA) is 87.7 Å². The van der Waals surface area contributed by atoms with Gasteiger partial charge in [-0.25, -0.2) is 4.79 Å². The maximum atomic E-state index is 13.9. The molecular weight excluding hydrogens is 523 g/mol. The Morgan fingerprint density at radius 3 is 2.02 bits per heavy atom. The summed E-state index contributed by atoms with van der Waals surface area (Å²) in [6.07, 6.45) is -2.83. The number of halogens is 3. The molecule has 0 aromatic heterocycles. The number of alkyl halides is 3. The summed E-state index contributed by atoms with van der Waals surface area (Å²) >= 11 is 0. The fraction of sp³-hybridized carbons (Fsp3) is 0.633. The lowest BCUT2D eigenvalue weighted by molar-refractivity contribution is -0.141. The Bertz CT molecular complexity index is 1070. The zero-order chi connectivity index (χ0) is 31.2. The molecule has 10 heteroatoms. The van der Waals surface area contributed by atoms with E-state index in [2.05, 4.69) is 10.6 Å². The predicted molar refractivity (Wildman–Crippen MR) is 150 cm³/mol. The summed E-state index contributed by atoms with van der Waals surface area (Å²) in [5, 5.41) is 5.81. The van der Waals surface area contributed by atoms with Gasteiger partial charge in [-0.15, -0.1) is 0 Å². The first-order valence-electron chi connectivity index (χ1n) is 13.5. The van der Waals surface area contributed by atoms with Gasteiger partial charge in [0.2, 0.25) is 11.8 Å². The van der Waals surface area contributed by atoms with E-state index in [1.165, 1.54) is 11.0 Å². The molecule has 1 rings (SSSR count). The Hall–Kier alpha value is -2.88. The zero-order valence-electron chi connectivity index (χ0n) is 25.6. The standard InChI is InChI=1S/C30H46F3N3O4/c1-12-40-27(39)19(4)16-22(18(2)3)36(11)26(38)24(28(5,6)7)35-25(37)23(34-10)29(8,9)20-14-13-15-21(17-20)30(31,32)33/h13-18,22-24,34H,12H2,1-11H3,(H,35,37)/b19-16+/t22-,23?,24-/m1/s1. The minimum atomic E-state index is -4.52. The fourth-order valence-corrected chi connectivity index (χ4v) is 4.63. The highest BCUT2D eigenvalue weighted by Gasteiger charge is 2.42. The Morgan fingerprint density at radius 2 is 1.57 bits per heavy atom. The van der Waals surface area contributed by atoms with Gasteiger partial charge < -0.3 is 20.3 Å². The van der Waals surface area contributed by atoms with Crippen LogP contribution in [0.2, 0.25) is 0 Å². The first-order chi connectivity index (χ1) is 18.2. The molecule has 0 bridgehead atoms. The lowest BCUT2D eigenvalue weighted by Gasteiger charge is -2.40. The van der Waals surface area contributed by atoms with Gasteiger partial charge in [-0.05, 0) is 43.9 Å². The summed E-state index contributed by atoms with van der Waals surface area (Å²) in [5.74, 6) is -1.41. The third kappa shape index (κ3) is 8.81. The first kappa shape index (κ1) is 35.1. The van der Waals surface area contributed by atoms with Crippen LogP contribution in [-0.2, 0) is 30.7 Å². The number of esters is 1. The van der Waals surface area contributed by atoms with Crippen molar-refractivity contribution < 1.29 is 32.3 Å². The molecule has 2 N–H and O–H groups in total. The number of nitrogens with one attached hydrogen (secondary N) is 2. The van der Waals surface area contributed by atoms with E-state index in [4.69, 9.17) is 4.74 Å². The smallest absolute Gasteiger partial charge is 0.416 e. The van der Waals surface area contributed by atoms with Crippen LogP contribution in [0.25, 0.3) is 0 Å². The van der Waals surface area contributed by atoms with Crippen molar-refractivity contribution in [3.8, 4) is 0 Å². The summed E-state index contributed by atoms with van der Waals surface area (Å²) in [6, 6.07) is 2.53. The Balaban J connectivity index is 3.38. The predicted octanol–water partition coefficient (Wildman–Crippen LogP) is 5.09. The van der Waals surface area contributed by atoms with E-state index in [0.717, 1.165) is 12.1 Å². The zero-order valence-corrected chi connectivity index (χ0v) is 25.6. The SMILES string of the molecule is CCOC(=O)/C(C)=C/[C@H](C(C)C)N(C)C(=O)[C@@H](NC(=O)C(NC)C(C)(C)c1cccc(C(F)(F)F)c1)C(C)(C)C. The van der Waals surface area contributed by atoms with E-state index >= 15 is 0 Å². The van der Waals surface area contributed by atoms with Crippen LogP contribution >= 0.6 is 0 Å². The van der Waals surface area contributed by atoms with Crippen molar-refractivity contribution in [2.24, 2.45) is 11.3 Å². The van der Waals surface area contributed by atoms with Crippen molar-refractivity contribution in [1.82, 2.24) is 15.5 Å². The molecule has 2 amide bonds. The van der Waals surface area contributed by atoms with Crippen LogP contribution in [0.15, 0.2) is 35.9 Å². The maximum Gasteiger partial charge on any atom is 0.416 e. The number of ether oxygens (including phenoxy) is 1. The number of hydrogen-bond acceptors (Lipinski definition) is 5. The molecule has 40 heavy (non-hydrogen) atoms. The van der Waals surface area contributed by atoms with Crippen molar-refractivity contribution in [2.45, 2.75) is 92.0 Å². The third-order valence-corrected chi connectivity index (χ3v) is 7.10. The summed E-state index contributed by atoms with van der Waals surface area (Å²) in [4.78, 5) is 41.2. The summed E-state index contributed by atoms with van der Waals surface area (Å²) in [7, 11) is 3.17. The number of hydrogen-bond donors (Lipinski definition) is 2. The molecule has 0 aliphatic rings. The lowest BCUT2D eigenvalue weighted by atomic mass is 9.76. The number of nitrogens with zero attached hydrogens (tertiary/aromatic N) is 1. The third-order valence-electron chi connectivity index (χ3n) is 7.10. The van der Waals surface area contributed by atoms with Gasteiger partial charge in [-0.3, -0.25) is 9.59 Å². The molecule has 1 unspecified atom stereocenters. The Morgan fingerprint density at radius 1 is 1.02 bits per heavy atom.